The quantitative estimate of drug-likeness (QED) is 0.428. The number of anilines is 1. The minimum atomic E-state index is -1.87. The first-order valence-corrected chi connectivity index (χ1v) is 11.8. The molecule has 0 radical (unpaired) electrons. The van der Waals surface area contributed by atoms with E-state index in [1.54, 1.807) is 29.2 Å². The number of thiophene rings is 1. The van der Waals surface area contributed by atoms with E-state index >= 15 is 0 Å². The summed E-state index contributed by atoms with van der Waals surface area (Å²) in [5.41, 5.74) is 2.60. The Labute approximate surface area is 194 Å². The molecule has 1 N–H and O–H groups in total. The van der Waals surface area contributed by atoms with E-state index in [2.05, 4.69) is 48.0 Å². The maximum Gasteiger partial charge on any atom is 0.264 e. The van der Waals surface area contributed by atoms with Crippen LogP contribution >= 0.6 is 27.3 Å². The van der Waals surface area contributed by atoms with Crippen LogP contribution < -0.4 is 4.90 Å². The molecule has 0 aliphatic carbocycles. The zero-order chi connectivity index (χ0) is 22.3. The second-order valence-electron chi connectivity index (χ2n) is 8.31. The molecule has 0 unspecified atom stereocenters. The SMILES string of the molecule is Cc1ccc(C(C)C)cc1CN1C(=O)[C@@](O)(CC(=O)c2ccc(Br)s2)c2ccccc21. The monoisotopic (exact) mass is 497 g/mol. The van der Waals surface area contributed by atoms with Crippen molar-refractivity contribution in [1.82, 2.24) is 0 Å². The number of ketones is 1. The van der Waals surface area contributed by atoms with E-state index < -0.39 is 11.5 Å². The van der Waals surface area contributed by atoms with Gasteiger partial charge in [-0.3, -0.25) is 9.59 Å². The molecular formula is C25H24BrNO3S. The highest BCUT2D eigenvalue weighted by Crippen LogP contribution is 2.44. The van der Waals surface area contributed by atoms with Crippen molar-refractivity contribution in [2.24, 2.45) is 0 Å². The van der Waals surface area contributed by atoms with Crippen LogP contribution in [0.5, 0.6) is 0 Å². The van der Waals surface area contributed by atoms with E-state index in [1.807, 2.05) is 19.1 Å². The first-order chi connectivity index (χ1) is 14.7. The van der Waals surface area contributed by atoms with Gasteiger partial charge in [0.25, 0.3) is 5.91 Å². The van der Waals surface area contributed by atoms with Crippen LogP contribution in [-0.4, -0.2) is 16.8 Å². The number of aryl methyl sites for hydroxylation is 1. The highest BCUT2D eigenvalue weighted by Gasteiger charge is 2.50. The Morgan fingerprint density at radius 3 is 2.58 bits per heavy atom. The summed E-state index contributed by atoms with van der Waals surface area (Å²) < 4.78 is 0.836. The Morgan fingerprint density at radius 1 is 1.16 bits per heavy atom. The Morgan fingerprint density at radius 2 is 1.90 bits per heavy atom. The maximum absolute atomic E-state index is 13.5. The normalized spacial score (nSPS) is 18.0. The summed E-state index contributed by atoms with van der Waals surface area (Å²) in [5, 5.41) is 11.5. The first kappa shape index (κ1) is 21.9. The zero-order valence-corrected chi connectivity index (χ0v) is 20.1. The predicted molar refractivity (Wildman–Crippen MR) is 128 cm³/mol. The molecule has 2 heterocycles. The van der Waals surface area contributed by atoms with Gasteiger partial charge >= 0.3 is 0 Å². The minimum Gasteiger partial charge on any atom is -0.375 e. The molecule has 0 spiro atoms. The molecule has 6 heteroatoms. The molecule has 0 saturated heterocycles. The fourth-order valence-electron chi connectivity index (χ4n) is 4.01. The minimum absolute atomic E-state index is 0.249. The van der Waals surface area contributed by atoms with E-state index in [1.165, 1.54) is 16.9 Å². The lowest BCUT2D eigenvalue weighted by atomic mass is 9.89. The van der Waals surface area contributed by atoms with Crippen LogP contribution in [0, 0.1) is 6.92 Å². The third-order valence-corrected chi connectivity index (χ3v) is 7.54. The van der Waals surface area contributed by atoms with Gasteiger partial charge in [0.2, 0.25) is 0 Å². The number of carbonyl (C=O) groups is 2. The van der Waals surface area contributed by atoms with Gasteiger partial charge in [-0.15, -0.1) is 11.3 Å². The molecule has 1 aromatic heterocycles. The fourth-order valence-corrected chi connectivity index (χ4v) is 5.33. The largest absolute Gasteiger partial charge is 0.375 e. The number of nitrogens with zero attached hydrogens (tertiary/aromatic N) is 1. The van der Waals surface area contributed by atoms with Gasteiger partial charge in [-0.2, -0.15) is 0 Å². The summed E-state index contributed by atoms with van der Waals surface area (Å²) in [7, 11) is 0. The lowest BCUT2D eigenvalue weighted by Gasteiger charge is -2.23. The van der Waals surface area contributed by atoms with Gasteiger partial charge in [-0.05, 0) is 63.7 Å². The van der Waals surface area contributed by atoms with Crippen molar-refractivity contribution in [3.8, 4) is 0 Å². The van der Waals surface area contributed by atoms with Crippen LogP contribution in [0.25, 0.3) is 0 Å². The number of aliphatic hydroxyl groups is 1. The first-order valence-electron chi connectivity index (χ1n) is 10.2. The van der Waals surface area contributed by atoms with Gasteiger partial charge < -0.3 is 10.0 Å². The van der Waals surface area contributed by atoms with E-state index in [4.69, 9.17) is 0 Å². The van der Waals surface area contributed by atoms with Gasteiger partial charge in [0.05, 0.1) is 27.3 Å². The average Bonchev–Trinajstić information content (AvgIpc) is 3.26. The van der Waals surface area contributed by atoms with Crippen molar-refractivity contribution < 1.29 is 14.7 Å². The Kier molecular flexibility index (Phi) is 5.90. The number of halogens is 1. The van der Waals surface area contributed by atoms with Crippen LogP contribution in [-0.2, 0) is 16.9 Å². The van der Waals surface area contributed by atoms with E-state index in [9.17, 15) is 14.7 Å². The van der Waals surface area contributed by atoms with Crippen molar-refractivity contribution in [1.29, 1.82) is 0 Å². The molecule has 1 aliphatic rings. The van der Waals surface area contributed by atoms with Gasteiger partial charge in [0, 0.05) is 5.56 Å². The van der Waals surface area contributed by atoms with Crippen molar-refractivity contribution in [3.05, 3.63) is 85.5 Å². The smallest absolute Gasteiger partial charge is 0.264 e. The number of benzene rings is 2. The van der Waals surface area contributed by atoms with Crippen LogP contribution in [0.4, 0.5) is 5.69 Å². The topological polar surface area (TPSA) is 57.6 Å². The highest BCUT2D eigenvalue weighted by molar-refractivity contribution is 9.11. The summed E-state index contributed by atoms with van der Waals surface area (Å²) in [5.74, 6) is -0.325. The molecule has 1 atom stereocenters. The van der Waals surface area contributed by atoms with Crippen LogP contribution in [0.1, 0.15) is 58.1 Å². The number of hydrogen-bond donors (Lipinski definition) is 1. The molecule has 4 nitrogen and oxygen atoms in total. The van der Waals surface area contributed by atoms with Crippen molar-refractivity contribution in [2.75, 3.05) is 4.90 Å². The molecule has 1 amide bonds. The van der Waals surface area contributed by atoms with Crippen LogP contribution in [0.3, 0.4) is 0 Å². The molecule has 0 saturated carbocycles. The van der Waals surface area contributed by atoms with Crippen molar-refractivity contribution in [3.63, 3.8) is 0 Å². The summed E-state index contributed by atoms with van der Waals surface area (Å²) >= 11 is 4.66. The second kappa shape index (κ2) is 8.34. The lowest BCUT2D eigenvalue weighted by Crippen LogP contribution is -2.41. The Balaban J connectivity index is 1.69. The van der Waals surface area contributed by atoms with Crippen LogP contribution in [0.15, 0.2) is 58.4 Å². The number of carbonyl (C=O) groups excluding carboxylic acids is 2. The summed E-state index contributed by atoms with van der Waals surface area (Å²) in [6.07, 6.45) is -0.280. The average molecular weight is 498 g/mol. The molecule has 3 aromatic rings. The molecule has 31 heavy (non-hydrogen) atoms. The van der Waals surface area contributed by atoms with Gasteiger partial charge in [-0.1, -0.05) is 50.2 Å². The number of amides is 1. The summed E-state index contributed by atoms with van der Waals surface area (Å²) in [6.45, 7) is 6.65. The molecule has 0 bridgehead atoms. The van der Waals surface area contributed by atoms with E-state index in [-0.39, 0.29) is 12.2 Å². The summed E-state index contributed by atoms with van der Waals surface area (Å²) in [4.78, 5) is 28.5. The highest BCUT2D eigenvalue weighted by atomic mass is 79.9. The van der Waals surface area contributed by atoms with Crippen LogP contribution in [0.2, 0.25) is 0 Å². The van der Waals surface area contributed by atoms with Gasteiger partial charge in [0.15, 0.2) is 11.4 Å². The van der Waals surface area contributed by atoms with Gasteiger partial charge in [0.1, 0.15) is 0 Å². The number of Topliss-reactive ketones (excluding diaryl/α,β-unsaturated/α-hetero) is 1. The number of fused-ring (bicyclic) bond motifs is 1. The number of hydrogen-bond acceptors (Lipinski definition) is 4. The van der Waals surface area contributed by atoms with Crippen molar-refractivity contribution in [2.45, 2.75) is 45.3 Å². The number of para-hydroxylation sites is 1. The second-order valence-corrected chi connectivity index (χ2v) is 10.8. The third-order valence-electron chi connectivity index (χ3n) is 5.87. The maximum atomic E-state index is 13.5. The van der Waals surface area contributed by atoms with E-state index in [0.29, 0.717) is 28.6 Å². The fraction of sp³-hybridized carbons (Fsp3) is 0.280. The third kappa shape index (κ3) is 4.00. The standard InChI is InChI=1S/C25H24BrNO3S/c1-15(2)17-9-8-16(3)18(12-17)14-27-20-7-5-4-6-19(20)25(30,24(27)29)13-21(28)22-10-11-23(26)31-22/h4-12,15,30H,13-14H2,1-3H3/t25-/m1/s1. The molecule has 2 aromatic carbocycles. The molecular weight excluding hydrogens is 474 g/mol. The Hall–Kier alpha value is -2.28. The zero-order valence-electron chi connectivity index (χ0n) is 17.7. The van der Waals surface area contributed by atoms with E-state index in [0.717, 1.165) is 14.9 Å². The molecule has 1 aliphatic heterocycles. The van der Waals surface area contributed by atoms with Gasteiger partial charge in [-0.25, -0.2) is 0 Å². The predicted octanol–water partition coefficient (Wildman–Crippen LogP) is 5.95. The Bertz CT molecular complexity index is 1170. The summed E-state index contributed by atoms with van der Waals surface area (Å²) in [6, 6.07) is 17.0. The molecule has 0 fully saturated rings. The lowest BCUT2D eigenvalue weighted by molar-refractivity contribution is -0.136. The molecule has 4 rings (SSSR count). The molecule has 160 valence electrons. The number of rotatable bonds is 6. The van der Waals surface area contributed by atoms with Crippen molar-refractivity contribution >= 4 is 44.6 Å².